The van der Waals surface area contributed by atoms with Crippen molar-refractivity contribution in [2.45, 2.75) is 63.4 Å². The smallest absolute Gasteiger partial charge is 0.244 e. The molecule has 2 heterocycles. The Kier molecular flexibility index (Phi) is 4.41. The van der Waals surface area contributed by atoms with Gasteiger partial charge in [-0.2, -0.15) is 0 Å². The van der Waals surface area contributed by atoms with Gasteiger partial charge in [0.25, 0.3) is 0 Å². The number of aryl methyl sites for hydroxylation is 1. The molecular formula is C19H26N2O2S. The highest BCUT2D eigenvalue weighted by Crippen LogP contribution is 2.47. The first kappa shape index (κ1) is 17.3. The van der Waals surface area contributed by atoms with Gasteiger partial charge < -0.3 is 10.2 Å². The largest absolute Gasteiger partial charge is 0.345 e. The molecule has 1 N–H and O–H groups in total. The summed E-state index contributed by atoms with van der Waals surface area (Å²) in [6.45, 7) is 8.23. The Balaban J connectivity index is 1.74. The lowest BCUT2D eigenvalue weighted by atomic mass is 9.92. The number of hydrogen-bond acceptors (Lipinski definition) is 3. The van der Waals surface area contributed by atoms with Crippen molar-refractivity contribution in [2.24, 2.45) is 0 Å². The third-order valence-electron chi connectivity index (χ3n) is 5.27. The van der Waals surface area contributed by atoms with Crippen molar-refractivity contribution in [3.05, 3.63) is 35.4 Å². The summed E-state index contributed by atoms with van der Waals surface area (Å²) >= 11 is 1.73. The van der Waals surface area contributed by atoms with Crippen molar-refractivity contribution in [1.82, 2.24) is 10.2 Å². The zero-order chi connectivity index (χ0) is 17.5. The third kappa shape index (κ3) is 2.94. The molecule has 0 unspecified atom stereocenters. The van der Waals surface area contributed by atoms with Crippen molar-refractivity contribution in [2.75, 3.05) is 5.75 Å². The first-order valence-corrected chi connectivity index (χ1v) is 9.63. The SMILES string of the molecule is CCc1ccc(C(C)(C)NC(=O)[C@@H]2CS[C@]3(C)CCC(=O)N23)cc1. The Morgan fingerprint density at radius 3 is 2.67 bits per heavy atom. The van der Waals surface area contributed by atoms with E-state index in [9.17, 15) is 9.59 Å². The van der Waals surface area contributed by atoms with Gasteiger partial charge in [0.2, 0.25) is 11.8 Å². The summed E-state index contributed by atoms with van der Waals surface area (Å²) < 4.78 is 0. The van der Waals surface area contributed by atoms with Crippen LogP contribution in [0, 0.1) is 0 Å². The second-order valence-electron chi connectivity index (χ2n) is 7.43. The van der Waals surface area contributed by atoms with E-state index in [2.05, 4.69) is 43.4 Å². The second-order valence-corrected chi connectivity index (χ2v) is 8.93. The molecule has 2 fully saturated rings. The highest BCUT2D eigenvalue weighted by molar-refractivity contribution is 8.01. The highest BCUT2D eigenvalue weighted by Gasteiger charge is 2.53. The molecule has 2 atom stereocenters. The normalized spacial score (nSPS) is 26.6. The van der Waals surface area contributed by atoms with Gasteiger partial charge >= 0.3 is 0 Å². The van der Waals surface area contributed by atoms with E-state index in [0.29, 0.717) is 12.2 Å². The summed E-state index contributed by atoms with van der Waals surface area (Å²) in [5.41, 5.74) is 1.90. The topological polar surface area (TPSA) is 49.4 Å². The van der Waals surface area contributed by atoms with Crippen molar-refractivity contribution >= 4 is 23.6 Å². The Labute approximate surface area is 148 Å². The number of carbonyl (C=O) groups is 2. The molecule has 24 heavy (non-hydrogen) atoms. The molecule has 1 aromatic rings. The average Bonchev–Trinajstić information content (AvgIpc) is 3.03. The number of rotatable bonds is 4. The van der Waals surface area contributed by atoms with E-state index in [1.165, 1.54) is 5.56 Å². The van der Waals surface area contributed by atoms with Gasteiger partial charge in [0.15, 0.2) is 0 Å². The molecule has 0 radical (unpaired) electrons. The molecule has 0 saturated carbocycles. The summed E-state index contributed by atoms with van der Waals surface area (Å²) in [5, 5.41) is 3.16. The molecule has 0 aromatic heterocycles. The Hall–Kier alpha value is -1.49. The van der Waals surface area contributed by atoms with E-state index in [4.69, 9.17) is 0 Å². The van der Waals surface area contributed by atoms with Crippen LogP contribution in [-0.2, 0) is 21.5 Å². The third-order valence-corrected chi connectivity index (χ3v) is 6.77. The molecule has 0 aliphatic carbocycles. The van der Waals surface area contributed by atoms with Crippen LogP contribution in [0.3, 0.4) is 0 Å². The van der Waals surface area contributed by atoms with E-state index in [-0.39, 0.29) is 22.7 Å². The number of thioether (sulfide) groups is 1. The molecule has 0 spiro atoms. The molecule has 5 heteroatoms. The van der Waals surface area contributed by atoms with Crippen LogP contribution in [0.2, 0.25) is 0 Å². The van der Waals surface area contributed by atoms with Crippen molar-refractivity contribution in [3.8, 4) is 0 Å². The lowest BCUT2D eigenvalue weighted by Crippen LogP contribution is -2.53. The van der Waals surface area contributed by atoms with E-state index >= 15 is 0 Å². The highest BCUT2D eigenvalue weighted by atomic mass is 32.2. The van der Waals surface area contributed by atoms with Gasteiger partial charge in [-0.1, -0.05) is 31.2 Å². The summed E-state index contributed by atoms with van der Waals surface area (Å²) in [7, 11) is 0. The summed E-state index contributed by atoms with van der Waals surface area (Å²) in [6, 6.07) is 8.01. The minimum atomic E-state index is -0.463. The lowest BCUT2D eigenvalue weighted by molar-refractivity contribution is -0.138. The number of fused-ring (bicyclic) bond motifs is 1. The first-order chi connectivity index (χ1) is 11.3. The Bertz CT molecular complexity index is 656. The van der Waals surface area contributed by atoms with Crippen LogP contribution in [0.1, 0.15) is 51.7 Å². The Morgan fingerprint density at radius 1 is 1.38 bits per heavy atom. The standard InChI is InChI=1S/C19H26N2O2S/c1-5-13-6-8-14(9-7-13)18(2,3)20-17(23)15-12-24-19(4)11-10-16(22)21(15)19/h6-9,15H,5,10-12H2,1-4H3,(H,20,23)/t15-,19+/m0/s1. The zero-order valence-electron chi connectivity index (χ0n) is 14.9. The zero-order valence-corrected chi connectivity index (χ0v) is 15.7. The van der Waals surface area contributed by atoms with Crippen LogP contribution in [0.5, 0.6) is 0 Å². The van der Waals surface area contributed by atoms with Crippen LogP contribution in [-0.4, -0.2) is 33.4 Å². The van der Waals surface area contributed by atoms with Crippen LogP contribution >= 0.6 is 11.8 Å². The number of nitrogens with one attached hydrogen (secondary N) is 1. The van der Waals surface area contributed by atoms with Crippen LogP contribution in [0.25, 0.3) is 0 Å². The van der Waals surface area contributed by atoms with Crippen molar-refractivity contribution in [1.29, 1.82) is 0 Å². The number of benzene rings is 1. The Morgan fingerprint density at radius 2 is 2.04 bits per heavy atom. The first-order valence-electron chi connectivity index (χ1n) is 8.64. The molecule has 2 saturated heterocycles. The summed E-state index contributed by atoms with van der Waals surface area (Å²) in [6.07, 6.45) is 2.39. The molecule has 130 valence electrons. The number of hydrogen-bond donors (Lipinski definition) is 1. The van der Waals surface area contributed by atoms with Crippen molar-refractivity contribution in [3.63, 3.8) is 0 Å². The fraction of sp³-hybridized carbons (Fsp3) is 0.579. The maximum absolute atomic E-state index is 12.9. The molecule has 2 aliphatic heterocycles. The van der Waals surface area contributed by atoms with Gasteiger partial charge in [0.1, 0.15) is 6.04 Å². The molecular weight excluding hydrogens is 320 g/mol. The monoisotopic (exact) mass is 346 g/mol. The van der Waals surface area contributed by atoms with Gasteiger partial charge in [0, 0.05) is 12.2 Å². The fourth-order valence-electron chi connectivity index (χ4n) is 3.64. The minimum absolute atomic E-state index is 0.0500. The second kappa shape index (κ2) is 6.10. The average molecular weight is 346 g/mol. The predicted octanol–water partition coefficient (Wildman–Crippen LogP) is 3.05. The molecule has 3 rings (SSSR count). The van der Waals surface area contributed by atoms with Crippen LogP contribution in [0.4, 0.5) is 0 Å². The van der Waals surface area contributed by atoms with Gasteiger partial charge in [-0.15, -0.1) is 11.8 Å². The lowest BCUT2D eigenvalue weighted by Gasteiger charge is -2.33. The number of nitrogens with zero attached hydrogens (tertiary/aromatic N) is 1. The quantitative estimate of drug-likeness (QED) is 0.911. The predicted molar refractivity (Wildman–Crippen MR) is 97.7 cm³/mol. The molecule has 4 nitrogen and oxygen atoms in total. The summed E-state index contributed by atoms with van der Waals surface area (Å²) in [5.74, 6) is 0.734. The summed E-state index contributed by atoms with van der Waals surface area (Å²) in [4.78, 5) is 26.7. The number of amides is 2. The van der Waals surface area contributed by atoms with E-state index in [0.717, 1.165) is 18.4 Å². The number of carbonyl (C=O) groups excluding carboxylic acids is 2. The van der Waals surface area contributed by atoms with Gasteiger partial charge in [-0.3, -0.25) is 9.59 Å². The molecule has 1 aromatic carbocycles. The molecule has 2 amide bonds. The maximum Gasteiger partial charge on any atom is 0.244 e. The molecule has 2 aliphatic rings. The van der Waals surface area contributed by atoms with Crippen molar-refractivity contribution < 1.29 is 9.59 Å². The van der Waals surface area contributed by atoms with E-state index in [1.807, 2.05) is 18.7 Å². The van der Waals surface area contributed by atoms with Gasteiger partial charge in [0.05, 0.1) is 10.4 Å². The minimum Gasteiger partial charge on any atom is -0.345 e. The van der Waals surface area contributed by atoms with Gasteiger partial charge in [-0.05, 0) is 44.7 Å². The maximum atomic E-state index is 12.9. The fourth-order valence-corrected chi connectivity index (χ4v) is 5.07. The van der Waals surface area contributed by atoms with Gasteiger partial charge in [-0.25, -0.2) is 0 Å². The van der Waals surface area contributed by atoms with Crippen LogP contribution in [0.15, 0.2) is 24.3 Å². The molecule has 0 bridgehead atoms. The van der Waals surface area contributed by atoms with E-state index in [1.54, 1.807) is 11.8 Å². The van der Waals surface area contributed by atoms with E-state index < -0.39 is 5.54 Å². The van der Waals surface area contributed by atoms with Crippen LogP contribution < -0.4 is 5.32 Å².